The van der Waals surface area contributed by atoms with Crippen LogP contribution in [0.2, 0.25) is 19.6 Å². The summed E-state index contributed by atoms with van der Waals surface area (Å²) in [5.74, 6) is 0.534. The Hall–Kier alpha value is -3.44. The quantitative estimate of drug-likeness (QED) is 0.138. The molecule has 0 saturated carbocycles. The number of furan rings is 1. The summed E-state index contributed by atoms with van der Waals surface area (Å²) >= 11 is 0. The van der Waals surface area contributed by atoms with E-state index in [4.69, 9.17) is 4.42 Å². The van der Waals surface area contributed by atoms with Crippen LogP contribution >= 0.6 is 0 Å². The molecule has 6 aromatic rings. The van der Waals surface area contributed by atoms with Crippen molar-refractivity contribution >= 4 is 35.3 Å². The number of hydrogen-bond acceptors (Lipinski definition) is 4. The van der Waals surface area contributed by atoms with Crippen LogP contribution in [0.3, 0.4) is 0 Å². The van der Waals surface area contributed by atoms with Crippen LogP contribution in [-0.2, 0) is 20.1 Å². The molecule has 0 saturated heterocycles. The number of pyridine rings is 3. The first-order valence-corrected chi connectivity index (χ1v) is 16.4. The van der Waals surface area contributed by atoms with Gasteiger partial charge in [0.15, 0.2) is 0 Å². The number of rotatable bonds is 4. The van der Waals surface area contributed by atoms with Crippen LogP contribution in [0.4, 0.5) is 0 Å². The fraction of sp³-hybridized carbons (Fsp3) is 0.182. The summed E-state index contributed by atoms with van der Waals surface area (Å²) < 4.78 is 5.86. The van der Waals surface area contributed by atoms with Gasteiger partial charge in [-0.15, -0.1) is 54.1 Å². The minimum atomic E-state index is -1.34. The third kappa shape index (κ3) is 6.25. The maximum atomic E-state index is 5.86. The molecule has 0 atom stereocenters. The molecule has 0 spiro atoms. The van der Waals surface area contributed by atoms with E-state index in [1.807, 2.05) is 60.7 Å². The van der Waals surface area contributed by atoms with E-state index < -0.39 is 8.07 Å². The van der Waals surface area contributed by atoms with Crippen molar-refractivity contribution < 1.29 is 24.5 Å². The average molecular weight is 706 g/mol. The van der Waals surface area contributed by atoms with Crippen LogP contribution in [0, 0.1) is 12.1 Å². The maximum Gasteiger partial charge on any atom is 0.216 e. The third-order valence-corrected chi connectivity index (χ3v) is 8.52. The van der Waals surface area contributed by atoms with Crippen molar-refractivity contribution in [2.24, 2.45) is 0 Å². The van der Waals surface area contributed by atoms with Crippen LogP contribution in [0.25, 0.3) is 44.6 Å². The fourth-order valence-corrected chi connectivity index (χ4v) is 6.23. The summed E-state index contributed by atoms with van der Waals surface area (Å²) in [7, 11) is -1.34. The fourth-order valence-electron chi connectivity index (χ4n) is 4.55. The predicted molar refractivity (Wildman–Crippen MR) is 159 cm³/mol. The van der Waals surface area contributed by atoms with Crippen LogP contribution in [0.1, 0.15) is 25.3 Å². The topological polar surface area (TPSA) is 51.8 Å². The van der Waals surface area contributed by atoms with Gasteiger partial charge in [-0.05, 0) is 40.7 Å². The van der Waals surface area contributed by atoms with Gasteiger partial charge in [-0.2, -0.15) is 0 Å². The van der Waals surface area contributed by atoms with Gasteiger partial charge in [-0.1, -0.05) is 68.2 Å². The van der Waals surface area contributed by atoms with E-state index in [9.17, 15) is 0 Å². The molecule has 4 aromatic heterocycles. The van der Waals surface area contributed by atoms with Crippen LogP contribution in [0.5, 0.6) is 0 Å². The van der Waals surface area contributed by atoms with Gasteiger partial charge in [0.05, 0.1) is 13.7 Å². The minimum Gasteiger partial charge on any atom is -0.486 e. The van der Waals surface area contributed by atoms with Crippen LogP contribution < -0.4 is 5.19 Å². The molecule has 4 heterocycles. The zero-order chi connectivity index (χ0) is 26.7. The first kappa shape index (κ1) is 28.6. The van der Waals surface area contributed by atoms with Crippen LogP contribution in [0.15, 0.2) is 95.8 Å². The van der Waals surface area contributed by atoms with E-state index in [2.05, 4.69) is 78.9 Å². The Labute approximate surface area is 244 Å². The summed E-state index contributed by atoms with van der Waals surface area (Å²) in [5, 5.41) is 3.54. The Morgan fingerprint density at radius 1 is 0.769 bits per heavy atom. The first-order chi connectivity index (χ1) is 18.3. The van der Waals surface area contributed by atoms with Crippen molar-refractivity contribution in [3.63, 3.8) is 0 Å². The van der Waals surface area contributed by atoms with Gasteiger partial charge < -0.3 is 14.4 Å². The number of hydrogen-bond donors (Lipinski definition) is 0. The van der Waals surface area contributed by atoms with Gasteiger partial charge in [0.1, 0.15) is 0 Å². The van der Waals surface area contributed by atoms with Gasteiger partial charge in [-0.25, -0.2) is 4.98 Å². The molecule has 39 heavy (non-hydrogen) atoms. The van der Waals surface area contributed by atoms with Crippen molar-refractivity contribution in [3.8, 4) is 22.5 Å². The van der Waals surface area contributed by atoms with Gasteiger partial charge in [-0.3, -0.25) is 0 Å². The molecule has 0 N–H and O–H groups in total. The Kier molecular flexibility index (Phi) is 8.91. The Balaban J connectivity index is 0.000000176. The molecule has 0 unspecified atom stereocenters. The molecular weight excluding hydrogens is 675 g/mol. The Morgan fingerprint density at radius 3 is 2.26 bits per heavy atom. The Bertz CT molecular complexity index is 1680. The van der Waals surface area contributed by atoms with Crippen molar-refractivity contribution in [2.45, 2.75) is 39.4 Å². The normalized spacial score (nSPS) is 11.2. The second-order valence-corrected chi connectivity index (χ2v) is 15.6. The standard InChI is InChI=1S/C17H22NSi.C16H9N2O.Ir/c1-13(2)15-11-16(14-9-7-6-8-10-14)18-12-17(15)19(3,4)5;1-2-9-17-14(8-1)13-6-3-5-11-12-7-4-10-18-16(12)19-15(11)13;/h6-9,11-13H,1-5H3;1-5,7-10H;/q2*-1;. The zero-order valence-electron chi connectivity index (χ0n) is 22.8. The van der Waals surface area contributed by atoms with E-state index >= 15 is 0 Å². The molecule has 0 bridgehead atoms. The number of fused-ring (bicyclic) bond motifs is 3. The van der Waals surface area contributed by atoms with Crippen molar-refractivity contribution in [1.29, 1.82) is 0 Å². The molecule has 199 valence electrons. The summed E-state index contributed by atoms with van der Waals surface area (Å²) in [4.78, 5) is 13.3. The molecule has 1 radical (unpaired) electrons. The largest absolute Gasteiger partial charge is 0.486 e. The molecule has 0 aliphatic carbocycles. The molecule has 6 heteroatoms. The van der Waals surface area contributed by atoms with Crippen LogP contribution in [-0.4, -0.2) is 23.0 Å². The third-order valence-electron chi connectivity index (χ3n) is 6.48. The number of nitrogens with zero attached hydrogens (tertiary/aromatic N) is 3. The average Bonchev–Trinajstić information content (AvgIpc) is 3.32. The second kappa shape index (κ2) is 12.2. The van der Waals surface area contributed by atoms with Gasteiger partial charge >= 0.3 is 0 Å². The first-order valence-electron chi connectivity index (χ1n) is 12.9. The second-order valence-electron chi connectivity index (χ2n) is 10.6. The summed E-state index contributed by atoms with van der Waals surface area (Å²) in [6.45, 7) is 11.7. The summed E-state index contributed by atoms with van der Waals surface area (Å²) in [6.07, 6.45) is 5.59. The van der Waals surface area contributed by atoms with E-state index in [1.54, 1.807) is 12.4 Å². The van der Waals surface area contributed by atoms with E-state index in [0.29, 0.717) is 11.6 Å². The molecule has 0 aliphatic heterocycles. The molecule has 0 amide bonds. The van der Waals surface area contributed by atoms with Gasteiger partial charge in [0, 0.05) is 44.1 Å². The maximum absolute atomic E-state index is 5.86. The molecule has 0 aliphatic rings. The predicted octanol–water partition coefficient (Wildman–Crippen LogP) is 8.06. The summed E-state index contributed by atoms with van der Waals surface area (Å²) in [5.41, 5.74) is 6.71. The number of aromatic nitrogens is 3. The number of benzene rings is 2. The molecule has 0 fully saturated rings. The van der Waals surface area contributed by atoms with E-state index in [1.165, 1.54) is 10.8 Å². The van der Waals surface area contributed by atoms with Crippen molar-refractivity contribution in [2.75, 3.05) is 0 Å². The van der Waals surface area contributed by atoms with Gasteiger partial charge in [0.25, 0.3) is 0 Å². The molecule has 2 aromatic carbocycles. The minimum absolute atomic E-state index is 0. The van der Waals surface area contributed by atoms with Gasteiger partial charge in [0.2, 0.25) is 5.71 Å². The molecule has 4 nitrogen and oxygen atoms in total. The van der Waals surface area contributed by atoms with E-state index in [-0.39, 0.29) is 20.1 Å². The van der Waals surface area contributed by atoms with Crippen molar-refractivity contribution in [3.05, 3.63) is 109 Å². The smallest absolute Gasteiger partial charge is 0.216 e. The zero-order valence-corrected chi connectivity index (χ0v) is 26.2. The van der Waals surface area contributed by atoms with Crippen molar-refractivity contribution in [1.82, 2.24) is 15.0 Å². The van der Waals surface area contributed by atoms with E-state index in [0.717, 1.165) is 38.9 Å². The Morgan fingerprint density at radius 2 is 1.56 bits per heavy atom. The molecule has 6 rings (SSSR count). The summed E-state index contributed by atoms with van der Waals surface area (Å²) in [6, 6.07) is 30.4. The monoisotopic (exact) mass is 706 g/mol. The molecular formula is C33H31IrN3OSi-2. The SMILES string of the molecule is CC(C)c1cc(-c2[c-]cccc2)ncc1[Si](C)(C)C.[Ir].[c-]1ccc2c(oc3ncccc32)c1-c1ccccn1.